The fourth-order valence-electron chi connectivity index (χ4n) is 3.68. The lowest BCUT2D eigenvalue weighted by molar-refractivity contribution is -0.143. The van der Waals surface area contributed by atoms with Gasteiger partial charge in [-0.2, -0.15) is 4.98 Å². The first-order chi connectivity index (χ1) is 14.9. The van der Waals surface area contributed by atoms with Crippen LogP contribution in [0.1, 0.15) is 17.5 Å². The SMILES string of the molecule is Nc1nc2c(c(=O)[nH]1)CN(C(CCc1ccc(N(CCCl)CCCl)cc1)C(=O)O)CN2. The summed E-state index contributed by atoms with van der Waals surface area (Å²) in [6.45, 7) is 1.87. The molecule has 0 spiro atoms. The molecule has 0 saturated carbocycles. The number of aryl methyl sites for hydroxylation is 1. The van der Waals surface area contributed by atoms with Gasteiger partial charge in [0.05, 0.1) is 12.2 Å². The summed E-state index contributed by atoms with van der Waals surface area (Å²) in [7, 11) is 0. The van der Waals surface area contributed by atoms with E-state index in [0.717, 1.165) is 11.3 Å². The summed E-state index contributed by atoms with van der Waals surface area (Å²) in [6.07, 6.45) is 0.987. The summed E-state index contributed by atoms with van der Waals surface area (Å²) in [5, 5.41) is 12.8. The highest BCUT2D eigenvalue weighted by molar-refractivity contribution is 6.18. The first-order valence-corrected chi connectivity index (χ1v) is 11.0. The number of carboxylic acid groups (broad SMARTS) is 1. The maximum atomic E-state index is 12.2. The number of nitrogens with zero attached hydrogens (tertiary/aromatic N) is 3. The van der Waals surface area contributed by atoms with Gasteiger partial charge in [-0.25, -0.2) is 0 Å². The maximum Gasteiger partial charge on any atom is 0.320 e. The van der Waals surface area contributed by atoms with Crippen LogP contribution >= 0.6 is 23.2 Å². The van der Waals surface area contributed by atoms with Crippen molar-refractivity contribution in [3.8, 4) is 0 Å². The minimum Gasteiger partial charge on any atom is -0.480 e. The fourth-order valence-corrected chi connectivity index (χ4v) is 4.09. The molecule has 168 valence electrons. The molecule has 0 amide bonds. The lowest BCUT2D eigenvalue weighted by Gasteiger charge is -2.33. The van der Waals surface area contributed by atoms with Crippen molar-refractivity contribution < 1.29 is 9.90 Å². The van der Waals surface area contributed by atoms with E-state index in [4.69, 9.17) is 28.9 Å². The minimum absolute atomic E-state index is 0.0265. The first kappa shape index (κ1) is 23.2. The lowest BCUT2D eigenvalue weighted by atomic mass is 10.0. The Morgan fingerprint density at radius 3 is 2.55 bits per heavy atom. The van der Waals surface area contributed by atoms with E-state index in [1.165, 1.54) is 0 Å². The number of hydrogen-bond acceptors (Lipinski definition) is 7. The van der Waals surface area contributed by atoms with E-state index in [0.29, 0.717) is 49.1 Å². The molecule has 3 rings (SSSR count). The number of benzene rings is 1. The van der Waals surface area contributed by atoms with Gasteiger partial charge in [0, 0.05) is 37.1 Å². The monoisotopic (exact) mass is 468 g/mol. The topological polar surface area (TPSA) is 128 Å². The van der Waals surface area contributed by atoms with E-state index in [9.17, 15) is 14.7 Å². The third-order valence-corrected chi connectivity index (χ3v) is 5.63. The van der Waals surface area contributed by atoms with E-state index >= 15 is 0 Å². The number of halogens is 2. The molecule has 31 heavy (non-hydrogen) atoms. The minimum atomic E-state index is -0.933. The van der Waals surface area contributed by atoms with Gasteiger partial charge in [0.2, 0.25) is 5.95 Å². The number of alkyl halides is 2. The third-order valence-electron chi connectivity index (χ3n) is 5.29. The maximum absolute atomic E-state index is 12.2. The molecule has 5 N–H and O–H groups in total. The van der Waals surface area contributed by atoms with Gasteiger partial charge >= 0.3 is 5.97 Å². The summed E-state index contributed by atoms with van der Waals surface area (Å²) in [5.41, 5.74) is 7.65. The van der Waals surface area contributed by atoms with Gasteiger partial charge in [-0.05, 0) is 30.5 Å². The average Bonchev–Trinajstić information content (AvgIpc) is 2.74. The van der Waals surface area contributed by atoms with Crippen molar-refractivity contribution in [2.75, 3.05) is 47.5 Å². The molecule has 1 aromatic carbocycles. The van der Waals surface area contributed by atoms with Gasteiger partial charge in [0.25, 0.3) is 5.56 Å². The molecule has 1 aromatic heterocycles. The number of nitrogens with two attached hydrogens (primary N) is 1. The van der Waals surface area contributed by atoms with Crippen LogP contribution in [0, 0.1) is 0 Å². The average molecular weight is 469 g/mol. The molecular formula is C20H26Cl2N6O3. The smallest absolute Gasteiger partial charge is 0.320 e. The van der Waals surface area contributed by atoms with Gasteiger partial charge in [-0.1, -0.05) is 12.1 Å². The summed E-state index contributed by atoms with van der Waals surface area (Å²) in [4.78, 5) is 34.5. The van der Waals surface area contributed by atoms with E-state index in [-0.39, 0.29) is 24.7 Å². The van der Waals surface area contributed by atoms with Crippen LogP contribution in [0.25, 0.3) is 0 Å². The molecule has 1 unspecified atom stereocenters. The number of hydrogen-bond donors (Lipinski definition) is 4. The van der Waals surface area contributed by atoms with Gasteiger partial charge in [-0.3, -0.25) is 19.5 Å². The summed E-state index contributed by atoms with van der Waals surface area (Å²) in [6, 6.07) is 7.23. The molecule has 0 aliphatic carbocycles. The Morgan fingerprint density at radius 2 is 1.94 bits per heavy atom. The van der Waals surface area contributed by atoms with Crippen molar-refractivity contribution in [2.45, 2.75) is 25.4 Å². The zero-order valence-electron chi connectivity index (χ0n) is 17.0. The number of aromatic amines is 1. The Kier molecular flexibility index (Phi) is 8.00. The molecular weight excluding hydrogens is 443 g/mol. The van der Waals surface area contributed by atoms with Crippen LogP contribution in [0.5, 0.6) is 0 Å². The second kappa shape index (κ2) is 10.7. The van der Waals surface area contributed by atoms with Crippen molar-refractivity contribution in [3.63, 3.8) is 0 Å². The molecule has 11 heteroatoms. The highest BCUT2D eigenvalue weighted by atomic mass is 35.5. The van der Waals surface area contributed by atoms with Crippen molar-refractivity contribution in [3.05, 3.63) is 45.7 Å². The predicted octanol–water partition coefficient (Wildman–Crippen LogP) is 1.91. The van der Waals surface area contributed by atoms with Crippen LogP contribution in [-0.2, 0) is 17.8 Å². The second-order valence-electron chi connectivity index (χ2n) is 7.28. The number of rotatable bonds is 10. The molecule has 1 aliphatic heterocycles. The Labute approximate surface area is 190 Å². The van der Waals surface area contributed by atoms with Crippen LogP contribution in [-0.4, -0.2) is 63.5 Å². The molecule has 0 radical (unpaired) electrons. The van der Waals surface area contributed by atoms with Crippen molar-refractivity contribution in [1.82, 2.24) is 14.9 Å². The van der Waals surface area contributed by atoms with Crippen LogP contribution in [0.4, 0.5) is 17.5 Å². The normalized spacial score (nSPS) is 14.5. The van der Waals surface area contributed by atoms with Crippen molar-refractivity contribution in [2.24, 2.45) is 0 Å². The molecule has 1 atom stereocenters. The first-order valence-electron chi connectivity index (χ1n) is 9.98. The molecule has 2 heterocycles. The van der Waals surface area contributed by atoms with Gasteiger partial charge in [-0.15, -0.1) is 23.2 Å². The van der Waals surface area contributed by atoms with Crippen molar-refractivity contribution >= 4 is 46.6 Å². The number of H-pyrrole nitrogens is 1. The molecule has 0 fully saturated rings. The van der Waals surface area contributed by atoms with Crippen LogP contribution in [0.15, 0.2) is 29.1 Å². The molecule has 2 aromatic rings. The number of carbonyl (C=O) groups is 1. The number of anilines is 3. The van der Waals surface area contributed by atoms with Crippen molar-refractivity contribution in [1.29, 1.82) is 0 Å². The number of fused-ring (bicyclic) bond motifs is 1. The second-order valence-corrected chi connectivity index (χ2v) is 8.04. The summed E-state index contributed by atoms with van der Waals surface area (Å²) >= 11 is 11.7. The predicted molar refractivity (Wildman–Crippen MR) is 123 cm³/mol. The van der Waals surface area contributed by atoms with Crippen LogP contribution < -0.4 is 21.5 Å². The van der Waals surface area contributed by atoms with Gasteiger partial charge in [0.15, 0.2) is 0 Å². The molecule has 1 aliphatic rings. The molecule has 0 bridgehead atoms. The highest BCUT2D eigenvalue weighted by Gasteiger charge is 2.30. The third kappa shape index (κ3) is 5.81. The molecule has 9 nitrogen and oxygen atoms in total. The largest absolute Gasteiger partial charge is 0.480 e. The van der Waals surface area contributed by atoms with Gasteiger partial charge in [0.1, 0.15) is 11.9 Å². The highest BCUT2D eigenvalue weighted by Crippen LogP contribution is 2.22. The van der Waals surface area contributed by atoms with E-state index in [2.05, 4.69) is 20.2 Å². The van der Waals surface area contributed by atoms with E-state index < -0.39 is 12.0 Å². The fraction of sp³-hybridized carbons (Fsp3) is 0.450. The quantitative estimate of drug-likeness (QED) is 0.389. The summed E-state index contributed by atoms with van der Waals surface area (Å²) in [5.74, 6) is 0.514. The number of nitrogens with one attached hydrogen (secondary N) is 2. The standard InChI is InChI=1S/C20H26Cl2N6O3/c21-7-9-27(10-8-22)14-4-1-13(2-5-14)3-6-16(19(30)31)28-11-15-17(24-12-28)25-20(23)26-18(15)29/h1-2,4-5,16H,3,6-12H2,(H,30,31)(H4,23,24,25,26,29). The van der Waals surface area contributed by atoms with Crippen LogP contribution in [0.3, 0.4) is 0 Å². The summed E-state index contributed by atoms with van der Waals surface area (Å²) < 4.78 is 0. The number of aromatic nitrogens is 2. The number of aliphatic carboxylic acids is 1. The number of nitrogen functional groups attached to an aromatic ring is 1. The molecule has 0 saturated heterocycles. The van der Waals surface area contributed by atoms with Gasteiger partial charge < -0.3 is 21.1 Å². The Hall–Kier alpha value is -2.49. The lowest BCUT2D eigenvalue weighted by Crippen LogP contribution is -2.47. The Balaban J connectivity index is 1.66. The Bertz CT molecular complexity index is 947. The number of carboxylic acids is 1. The Morgan fingerprint density at radius 1 is 1.26 bits per heavy atom. The van der Waals surface area contributed by atoms with Crippen LogP contribution in [0.2, 0.25) is 0 Å². The zero-order chi connectivity index (χ0) is 22.4. The van der Waals surface area contributed by atoms with E-state index in [1.807, 2.05) is 24.3 Å². The zero-order valence-corrected chi connectivity index (χ0v) is 18.5. The van der Waals surface area contributed by atoms with E-state index in [1.54, 1.807) is 4.90 Å².